The van der Waals surface area contributed by atoms with Crippen molar-refractivity contribution in [2.75, 3.05) is 0 Å². The van der Waals surface area contributed by atoms with Gasteiger partial charge in [0, 0.05) is 0 Å². The third-order valence-corrected chi connectivity index (χ3v) is 3.86. The molecule has 0 aliphatic heterocycles. The van der Waals surface area contributed by atoms with Gasteiger partial charge in [-0.1, -0.05) is 12.1 Å². The molecular formula is C15H17FN4O. The molecule has 5 nitrogen and oxygen atoms in total. The SMILES string of the molecule is Cc1cc(C(NC(=O)c2n[nH]nc2C)C2CC2)ccc1F. The summed E-state index contributed by atoms with van der Waals surface area (Å²) in [6.45, 7) is 3.46. The highest BCUT2D eigenvalue weighted by atomic mass is 19.1. The molecule has 110 valence electrons. The van der Waals surface area contributed by atoms with Crippen LogP contribution in [-0.4, -0.2) is 21.3 Å². The molecule has 0 bridgehead atoms. The number of hydrogen-bond donors (Lipinski definition) is 2. The molecule has 21 heavy (non-hydrogen) atoms. The van der Waals surface area contributed by atoms with Crippen LogP contribution in [0, 0.1) is 25.6 Å². The lowest BCUT2D eigenvalue weighted by Gasteiger charge is -2.19. The third kappa shape index (κ3) is 2.79. The molecule has 1 atom stereocenters. The zero-order valence-electron chi connectivity index (χ0n) is 12.0. The van der Waals surface area contributed by atoms with E-state index in [0.29, 0.717) is 22.9 Å². The van der Waals surface area contributed by atoms with Gasteiger partial charge >= 0.3 is 0 Å². The van der Waals surface area contributed by atoms with E-state index in [0.717, 1.165) is 18.4 Å². The van der Waals surface area contributed by atoms with Crippen molar-refractivity contribution in [3.63, 3.8) is 0 Å². The number of carbonyl (C=O) groups is 1. The van der Waals surface area contributed by atoms with E-state index in [9.17, 15) is 9.18 Å². The van der Waals surface area contributed by atoms with E-state index in [1.54, 1.807) is 26.0 Å². The van der Waals surface area contributed by atoms with E-state index >= 15 is 0 Å². The smallest absolute Gasteiger partial charge is 0.274 e. The van der Waals surface area contributed by atoms with Crippen LogP contribution in [-0.2, 0) is 0 Å². The predicted octanol–water partition coefficient (Wildman–Crippen LogP) is 2.44. The Morgan fingerprint density at radius 2 is 2.14 bits per heavy atom. The topological polar surface area (TPSA) is 70.7 Å². The lowest BCUT2D eigenvalue weighted by atomic mass is 10.00. The summed E-state index contributed by atoms with van der Waals surface area (Å²) in [5.41, 5.74) is 2.40. The molecule has 1 aliphatic carbocycles. The molecule has 1 unspecified atom stereocenters. The Hall–Kier alpha value is -2.24. The van der Waals surface area contributed by atoms with E-state index in [-0.39, 0.29) is 17.8 Å². The van der Waals surface area contributed by atoms with Crippen molar-refractivity contribution >= 4 is 5.91 Å². The van der Waals surface area contributed by atoms with Gasteiger partial charge in [0.05, 0.1) is 11.7 Å². The van der Waals surface area contributed by atoms with Gasteiger partial charge in [0.2, 0.25) is 0 Å². The number of amides is 1. The number of aryl methyl sites for hydroxylation is 2. The van der Waals surface area contributed by atoms with Crippen LogP contribution in [0.4, 0.5) is 4.39 Å². The van der Waals surface area contributed by atoms with Crippen molar-refractivity contribution in [3.8, 4) is 0 Å². The van der Waals surface area contributed by atoms with E-state index in [4.69, 9.17) is 0 Å². The van der Waals surface area contributed by atoms with Gasteiger partial charge in [0.1, 0.15) is 5.82 Å². The van der Waals surface area contributed by atoms with E-state index in [1.165, 1.54) is 6.07 Å². The maximum atomic E-state index is 13.4. The van der Waals surface area contributed by atoms with Crippen molar-refractivity contribution in [2.24, 2.45) is 5.92 Å². The zero-order chi connectivity index (χ0) is 15.0. The first-order valence-corrected chi connectivity index (χ1v) is 7.00. The number of carbonyl (C=O) groups excluding carboxylic acids is 1. The zero-order valence-corrected chi connectivity index (χ0v) is 12.0. The molecule has 6 heteroatoms. The normalized spacial score (nSPS) is 15.8. The van der Waals surface area contributed by atoms with E-state index in [1.807, 2.05) is 0 Å². The summed E-state index contributed by atoms with van der Waals surface area (Å²) in [5, 5.41) is 13.2. The summed E-state index contributed by atoms with van der Waals surface area (Å²) < 4.78 is 13.4. The quantitative estimate of drug-likeness (QED) is 0.907. The second-order valence-corrected chi connectivity index (χ2v) is 5.55. The summed E-state index contributed by atoms with van der Waals surface area (Å²) >= 11 is 0. The molecule has 0 saturated heterocycles. The van der Waals surface area contributed by atoms with Crippen LogP contribution in [0.1, 0.15) is 46.2 Å². The lowest BCUT2D eigenvalue weighted by molar-refractivity contribution is 0.0926. The second kappa shape index (κ2) is 5.27. The minimum atomic E-state index is -0.250. The fraction of sp³-hybridized carbons (Fsp3) is 0.400. The van der Waals surface area contributed by atoms with Crippen LogP contribution in [0.2, 0.25) is 0 Å². The molecule has 2 N–H and O–H groups in total. The Morgan fingerprint density at radius 3 is 2.71 bits per heavy atom. The standard InChI is InChI=1S/C15H17FN4O/c1-8-7-11(5-6-12(8)16)14(10-3-4-10)17-15(21)13-9(2)18-20-19-13/h5-7,10,14H,3-4H2,1-2H3,(H,17,21)(H,18,19,20). The Labute approximate surface area is 121 Å². The van der Waals surface area contributed by atoms with E-state index < -0.39 is 0 Å². The molecule has 1 fully saturated rings. The monoisotopic (exact) mass is 288 g/mol. The van der Waals surface area contributed by atoms with Gasteiger partial charge in [-0.05, 0) is 49.8 Å². The maximum absolute atomic E-state index is 13.4. The molecule has 1 saturated carbocycles. The summed E-state index contributed by atoms with van der Waals surface area (Å²) in [6, 6.07) is 4.89. The highest BCUT2D eigenvalue weighted by Gasteiger charge is 2.34. The van der Waals surface area contributed by atoms with Gasteiger partial charge < -0.3 is 5.32 Å². The lowest BCUT2D eigenvalue weighted by Crippen LogP contribution is -2.30. The number of halogens is 1. The Bertz CT molecular complexity index is 678. The molecule has 3 rings (SSSR count). The molecule has 1 aromatic heterocycles. The second-order valence-electron chi connectivity index (χ2n) is 5.55. The molecular weight excluding hydrogens is 271 g/mol. The number of aromatic amines is 1. The van der Waals surface area contributed by atoms with Crippen molar-refractivity contribution in [3.05, 3.63) is 46.5 Å². The van der Waals surface area contributed by atoms with Gasteiger partial charge in [0.15, 0.2) is 5.69 Å². The Balaban J connectivity index is 1.84. The number of benzene rings is 1. The van der Waals surface area contributed by atoms with Crippen molar-refractivity contribution < 1.29 is 9.18 Å². The first kappa shape index (κ1) is 13.7. The summed E-state index contributed by atoms with van der Waals surface area (Å²) in [6.07, 6.45) is 2.14. The van der Waals surface area contributed by atoms with Crippen LogP contribution in [0.15, 0.2) is 18.2 Å². The average Bonchev–Trinajstić information content (AvgIpc) is 3.20. The minimum Gasteiger partial charge on any atom is -0.343 e. The van der Waals surface area contributed by atoms with Crippen LogP contribution in [0.25, 0.3) is 0 Å². The number of rotatable bonds is 4. The number of nitrogens with one attached hydrogen (secondary N) is 2. The first-order chi connectivity index (χ1) is 10.1. The van der Waals surface area contributed by atoms with Crippen LogP contribution in [0.3, 0.4) is 0 Å². The predicted molar refractivity (Wildman–Crippen MR) is 75.2 cm³/mol. The molecule has 1 aliphatic rings. The van der Waals surface area contributed by atoms with Gasteiger partial charge in [-0.2, -0.15) is 15.4 Å². The molecule has 1 aromatic carbocycles. The van der Waals surface area contributed by atoms with Crippen LogP contribution >= 0.6 is 0 Å². The molecule has 1 amide bonds. The molecule has 2 aromatic rings. The summed E-state index contributed by atoms with van der Waals surface area (Å²) in [4.78, 5) is 12.3. The van der Waals surface area contributed by atoms with Crippen molar-refractivity contribution in [1.82, 2.24) is 20.7 Å². The fourth-order valence-electron chi connectivity index (χ4n) is 2.47. The number of hydrogen-bond acceptors (Lipinski definition) is 3. The van der Waals surface area contributed by atoms with Crippen molar-refractivity contribution in [2.45, 2.75) is 32.7 Å². The maximum Gasteiger partial charge on any atom is 0.274 e. The molecule has 1 heterocycles. The summed E-state index contributed by atoms with van der Waals surface area (Å²) in [7, 11) is 0. The van der Waals surface area contributed by atoms with Gasteiger partial charge in [-0.15, -0.1) is 0 Å². The number of aromatic nitrogens is 3. The van der Waals surface area contributed by atoms with Gasteiger partial charge in [-0.25, -0.2) is 4.39 Å². The van der Waals surface area contributed by atoms with E-state index in [2.05, 4.69) is 20.7 Å². The Kier molecular flexibility index (Phi) is 3.45. The highest BCUT2D eigenvalue weighted by Crippen LogP contribution is 2.41. The van der Waals surface area contributed by atoms with Gasteiger partial charge in [0.25, 0.3) is 5.91 Å². The third-order valence-electron chi connectivity index (χ3n) is 3.86. The fourth-order valence-corrected chi connectivity index (χ4v) is 2.47. The first-order valence-electron chi connectivity index (χ1n) is 7.00. The highest BCUT2D eigenvalue weighted by molar-refractivity contribution is 5.93. The number of nitrogens with zero attached hydrogens (tertiary/aromatic N) is 2. The van der Waals surface area contributed by atoms with Crippen LogP contribution < -0.4 is 5.32 Å². The van der Waals surface area contributed by atoms with Gasteiger partial charge in [-0.3, -0.25) is 4.79 Å². The average molecular weight is 288 g/mol. The van der Waals surface area contributed by atoms with Crippen LogP contribution in [0.5, 0.6) is 0 Å². The molecule has 0 spiro atoms. The van der Waals surface area contributed by atoms with Crippen molar-refractivity contribution in [1.29, 1.82) is 0 Å². The molecule has 0 radical (unpaired) electrons. The largest absolute Gasteiger partial charge is 0.343 e. The minimum absolute atomic E-state index is 0.104. The number of H-pyrrole nitrogens is 1. The summed E-state index contributed by atoms with van der Waals surface area (Å²) in [5.74, 6) is -0.0712. The Morgan fingerprint density at radius 1 is 1.38 bits per heavy atom.